The van der Waals surface area contributed by atoms with Gasteiger partial charge in [0.1, 0.15) is 12.1 Å². The highest BCUT2D eigenvalue weighted by Gasteiger charge is 2.05. The van der Waals surface area contributed by atoms with Crippen LogP contribution in [0, 0.1) is 5.82 Å². The molecule has 0 aliphatic rings. The molecule has 0 aliphatic heterocycles. The Morgan fingerprint density at radius 3 is 2.50 bits per heavy atom. The van der Waals surface area contributed by atoms with Crippen LogP contribution in [-0.4, -0.2) is 22.5 Å². The minimum absolute atomic E-state index is 0.247. The summed E-state index contributed by atoms with van der Waals surface area (Å²) in [6, 6.07) is 17.6. The second-order valence-corrected chi connectivity index (χ2v) is 5.75. The van der Waals surface area contributed by atoms with Crippen molar-refractivity contribution in [3.63, 3.8) is 0 Å². The van der Waals surface area contributed by atoms with Crippen LogP contribution in [0.3, 0.4) is 0 Å². The van der Waals surface area contributed by atoms with Crippen molar-refractivity contribution in [2.45, 2.75) is 13.0 Å². The van der Waals surface area contributed by atoms with Gasteiger partial charge in [-0.05, 0) is 42.3 Å². The lowest BCUT2D eigenvalue weighted by atomic mass is 10.1. The zero-order valence-corrected chi connectivity index (χ0v) is 14.2. The van der Waals surface area contributed by atoms with Crippen LogP contribution in [0.2, 0.25) is 0 Å². The number of benzene rings is 2. The Balaban J connectivity index is 1.49. The van der Waals surface area contributed by atoms with Crippen LogP contribution in [0.1, 0.15) is 11.3 Å². The van der Waals surface area contributed by atoms with Crippen molar-refractivity contribution in [2.75, 3.05) is 6.54 Å². The predicted molar refractivity (Wildman–Crippen MR) is 97.8 cm³/mol. The smallest absolute Gasteiger partial charge is 0.315 e. The summed E-state index contributed by atoms with van der Waals surface area (Å²) < 4.78 is 13.0. The molecule has 26 heavy (non-hydrogen) atoms. The van der Waals surface area contributed by atoms with Crippen molar-refractivity contribution in [1.82, 2.24) is 20.6 Å². The SMILES string of the molecule is O=C(NCCc1ccccc1)NCc1cc(-c2ccc(F)cc2)ncn1. The van der Waals surface area contributed by atoms with E-state index in [0.717, 1.165) is 12.0 Å². The predicted octanol–water partition coefficient (Wildman–Crippen LogP) is 3.32. The number of hydrogen-bond donors (Lipinski definition) is 2. The topological polar surface area (TPSA) is 66.9 Å². The number of amides is 2. The first-order chi connectivity index (χ1) is 12.7. The summed E-state index contributed by atoms with van der Waals surface area (Å²) in [5.41, 5.74) is 3.33. The summed E-state index contributed by atoms with van der Waals surface area (Å²) >= 11 is 0. The Kier molecular flexibility index (Phi) is 5.88. The highest BCUT2D eigenvalue weighted by molar-refractivity contribution is 5.73. The number of nitrogens with one attached hydrogen (secondary N) is 2. The molecule has 2 N–H and O–H groups in total. The zero-order valence-electron chi connectivity index (χ0n) is 14.2. The van der Waals surface area contributed by atoms with Gasteiger partial charge in [-0.2, -0.15) is 0 Å². The van der Waals surface area contributed by atoms with Gasteiger partial charge in [0.25, 0.3) is 0 Å². The first-order valence-corrected chi connectivity index (χ1v) is 8.33. The molecular formula is C20H19FN4O. The summed E-state index contributed by atoms with van der Waals surface area (Å²) in [6.07, 6.45) is 2.21. The number of carbonyl (C=O) groups is 1. The quantitative estimate of drug-likeness (QED) is 0.717. The van der Waals surface area contributed by atoms with E-state index in [0.29, 0.717) is 17.9 Å². The third kappa shape index (κ3) is 5.11. The Morgan fingerprint density at radius 1 is 0.962 bits per heavy atom. The molecule has 0 saturated heterocycles. The Labute approximate surface area is 151 Å². The van der Waals surface area contributed by atoms with Gasteiger partial charge in [0.15, 0.2) is 0 Å². The molecular weight excluding hydrogens is 331 g/mol. The molecule has 0 spiro atoms. The molecule has 0 fully saturated rings. The van der Waals surface area contributed by atoms with Crippen LogP contribution in [0.5, 0.6) is 0 Å². The molecule has 2 aromatic carbocycles. The molecule has 6 heteroatoms. The first-order valence-electron chi connectivity index (χ1n) is 8.33. The second-order valence-electron chi connectivity index (χ2n) is 5.75. The number of carbonyl (C=O) groups excluding carboxylic acids is 1. The van der Waals surface area contributed by atoms with Gasteiger partial charge in [-0.3, -0.25) is 0 Å². The van der Waals surface area contributed by atoms with Gasteiger partial charge in [0.05, 0.1) is 17.9 Å². The number of hydrogen-bond acceptors (Lipinski definition) is 3. The molecule has 0 bridgehead atoms. The van der Waals surface area contributed by atoms with Crippen LogP contribution in [0.15, 0.2) is 67.0 Å². The van der Waals surface area contributed by atoms with Crippen LogP contribution in [0.25, 0.3) is 11.3 Å². The van der Waals surface area contributed by atoms with Gasteiger partial charge in [-0.1, -0.05) is 30.3 Å². The highest BCUT2D eigenvalue weighted by atomic mass is 19.1. The van der Waals surface area contributed by atoms with Gasteiger partial charge in [-0.15, -0.1) is 0 Å². The molecule has 132 valence electrons. The normalized spacial score (nSPS) is 10.3. The van der Waals surface area contributed by atoms with E-state index in [1.165, 1.54) is 24.0 Å². The van der Waals surface area contributed by atoms with Crippen molar-refractivity contribution in [2.24, 2.45) is 0 Å². The fourth-order valence-electron chi connectivity index (χ4n) is 2.47. The summed E-state index contributed by atoms with van der Waals surface area (Å²) in [4.78, 5) is 20.2. The Hall–Kier alpha value is -3.28. The standard InChI is InChI=1S/C20H19FN4O/c21-17-8-6-16(7-9-17)19-12-18(24-14-25-19)13-23-20(26)22-11-10-15-4-2-1-3-5-15/h1-9,12,14H,10-11,13H2,(H2,22,23,26). The van der Waals surface area contributed by atoms with Gasteiger partial charge >= 0.3 is 6.03 Å². The third-order valence-electron chi connectivity index (χ3n) is 3.84. The average Bonchev–Trinajstić information content (AvgIpc) is 2.68. The van der Waals surface area contributed by atoms with E-state index in [1.807, 2.05) is 30.3 Å². The van der Waals surface area contributed by atoms with Crippen molar-refractivity contribution in [3.05, 3.63) is 84.1 Å². The van der Waals surface area contributed by atoms with E-state index in [2.05, 4.69) is 20.6 Å². The number of halogens is 1. The van der Waals surface area contributed by atoms with E-state index in [-0.39, 0.29) is 18.4 Å². The van der Waals surface area contributed by atoms with Gasteiger partial charge in [-0.25, -0.2) is 19.2 Å². The minimum Gasteiger partial charge on any atom is -0.338 e. The van der Waals surface area contributed by atoms with Crippen molar-refractivity contribution in [3.8, 4) is 11.3 Å². The maximum atomic E-state index is 13.0. The maximum Gasteiger partial charge on any atom is 0.315 e. The van der Waals surface area contributed by atoms with Crippen molar-refractivity contribution < 1.29 is 9.18 Å². The molecule has 3 rings (SSSR count). The lowest BCUT2D eigenvalue weighted by molar-refractivity contribution is 0.240. The Morgan fingerprint density at radius 2 is 1.73 bits per heavy atom. The number of rotatable bonds is 6. The summed E-state index contributed by atoms with van der Waals surface area (Å²) in [5, 5.41) is 5.59. The largest absolute Gasteiger partial charge is 0.338 e. The monoisotopic (exact) mass is 350 g/mol. The van der Waals surface area contributed by atoms with Crippen LogP contribution in [-0.2, 0) is 13.0 Å². The maximum absolute atomic E-state index is 13.0. The average molecular weight is 350 g/mol. The molecule has 5 nitrogen and oxygen atoms in total. The minimum atomic E-state index is -0.295. The number of nitrogens with zero attached hydrogens (tertiary/aromatic N) is 2. The fraction of sp³-hybridized carbons (Fsp3) is 0.150. The molecule has 2 amide bonds. The van der Waals surface area contributed by atoms with E-state index in [4.69, 9.17) is 0 Å². The van der Waals surface area contributed by atoms with Crippen LogP contribution >= 0.6 is 0 Å². The van der Waals surface area contributed by atoms with Gasteiger partial charge < -0.3 is 10.6 Å². The van der Waals surface area contributed by atoms with E-state index in [1.54, 1.807) is 18.2 Å². The van der Waals surface area contributed by atoms with Crippen molar-refractivity contribution in [1.29, 1.82) is 0 Å². The molecule has 0 saturated carbocycles. The summed E-state index contributed by atoms with van der Waals surface area (Å²) in [6.45, 7) is 0.842. The second kappa shape index (κ2) is 8.71. The fourth-order valence-corrected chi connectivity index (χ4v) is 2.47. The third-order valence-corrected chi connectivity index (χ3v) is 3.84. The summed E-state index contributed by atoms with van der Waals surface area (Å²) in [5.74, 6) is -0.295. The van der Waals surface area contributed by atoms with E-state index in [9.17, 15) is 9.18 Å². The summed E-state index contributed by atoms with van der Waals surface area (Å²) in [7, 11) is 0. The molecule has 1 aromatic heterocycles. The van der Waals surface area contributed by atoms with E-state index >= 15 is 0 Å². The van der Waals surface area contributed by atoms with Crippen molar-refractivity contribution >= 4 is 6.03 Å². The molecule has 0 radical (unpaired) electrons. The molecule has 0 aliphatic carbocycles. The van der Waals surface area contributed by atoms with Crippen LogP contribution < -0.4 is 10.6 Å². The van der Waals surface area contributed by atoms with Crippen LogP contribution in [0.4, 0.5) is 9.18 Å². The lowest BCUT2D eigenvalue weighted by Crippen LogP contribution is -2.36. The molecule has 3 aromatic rings. The first kappa shape index (κ1) is 17.5. The van der Waals surface area contributed by atoms with Gasteiger partial charge in [0, 0.05) is 12.1 Å². The highest BCUT2D eigenvalue weighted by Crippen LogP contribution is 2.17. The lowest BCUT2D eigenvalue weighted by Gasteiger charge is -2.08. The molecule has 1 heterocycles. The van der Waals surface area contributed by atoms with E-state index < -0.39 is 0 Å². The zero-order chi connectivity index (χ0) is 18.2. The van der Waals surface area contributed by atoms with Gasteiger partial charge in [0.2, 0.25) is 0 Å². The molecule has 0 unspecified atom stereocenters. The Bertz CT molecular complexity index is 853. The number of urea groups is 1. The molecule has 0 atom stereocenters. The number of aromatic nitrogens is 2.